The number of ether oxygens (including phenoxy) is 2. The summed E-state index contributed by atoms with van der Waals surface area (Å²) in [6.45, 7) is 4.22. The number of carboxylic acids is 1. The van der Waals surface area contributed by atoms with E-state index in [0.29, 0.717) is 39.8 Å². The Morgan fingerprint density at radius 2 is 1.48 bits per heavy atom. The fourth-order valence-corrected chi connectivity index (χ4v) is 5.44. The number of anilines is 1. The highest BCUT2D eigenvalue weighted by Crippen LogP contribution is 2.44. The van der Waals surface area contributed by atoms with Gasteiger partial charge in [0.2, 0.25) is 0 Å². The molecule has 4 aromatic carbocycles. The molecule has 44 heavy (non-hydrogen) atoms. The van der Waals surface area contributed by atoms with E-state index in [-0.39, 0.29) is 18.1 Å². The fraction of sp³-hybridized carbons (Fsp3) is 0.200. The van der Waals surface area contributed by atoms with Gasteiger partial charge >= 0.3 is 5.97 Å². The van der Waals surface area contributed by atoms with E-state index in [0.717, 1.165) is 43.0 Å². The van der Waals surface area contributed by atoms with Crippen molar-refractivity contribution >= 4 is 23.3 Å². The number of carboxylic acid groups (broad SMARTS) is 1. The molecular weight excluding hydrogens is 578 g/mol. The third-order valence-electron chi connectivity index (χ3n) is 7.65. The molecule has 1 fully saturated rings. The molecule has 0 spiro atoms. The standard InChI is InChI=1S/C35H32ClN3O5/c1-38-15-17-39(18-16-38)27-14-8-13-26(19-27)32-33(35(40)41)37-44-34(32)28-20-29(36)31(43-23-25-11-6-3-7-12-25)21-30(28)42-22-24-9-4-2-5-10-24/h2-14,19-21H,15-18,22-23H2,1H3,(H,40,41). The monoisotopic (exact) mass is 609 g/mol. The molecule has 8 nitrogen and oxygen atoms in total. The maximum absolute atomic E-state index is 12.4. The van der Waals surface area contributed by atoms with Gasteiger partial charge in [0.15, 0.2) is 11.5 Å². The molecule has 224 valence electrons. The van der Waals surface area contributed by atoms with Gasteiger partial charge in [0, 0.05) is 37.9 Å². The fourth-order valence-electron chi connectivity index (χ4n) is 5.22. The van der Waals surface area contributed by atoms with Gasteiger partial charge in [-0.2, -0.15) is 0 Å². The van der Waals surface area contributed by atoms with E-state index in [2.05, 4.69) is 22.0 Å². The SMILES string of the molecule is CN1CCN(c2cccc(-c3c(C(=O)O)noc3-c3cc(Cl)c(OCc4ccccc4)cc3OCc3ccccc3)c2)CC1. The number of carbonyl (C=O) groups is 1. The highest BCUT2D eigenvalue weighted by molar-refractivity contribution is 6.32. The van der Waals surface area contributed by atoms with Crippen molar-refractivity contribution in [3.63, 3.8) is 0 Å². The van der Waals surface area contributed by atoms with Crippen molar-refractivity contribution in [3.8, 4) is 33.9 Å². The molecule has 0 saturated carbocycles. The van der Waals surface area contributed by atoms with Crippen LogP contribution in [0.1, 0.15) is 21.6 Å². The number of nitrogens with zero attached hydrogens (tertiary/aromatic N) is 3. The normalized spacial score (nSPS) is 13.5. The number of benzene rings is 4. The summed E-state index contributed by atoms with van der Waals surface area (Å²) in [5.74, 6) is -0.0945. The van der Waals surface area contributed by atoms with Crippen LogP contribution in [0.4, 0.5) is 5.69 Å². The predicted octanol–water partition coefficient (Wildman–Crippen LogP) is 7.27. The lowest BCUT2D eigenvalue weighted by Crippen LogP contribution is -2.44. The zero-order chi connectivity index (χ0) is 30.5. The van der Waals surface area contributed by atoms with Crippen molar-refractivity contribution in [1.29, 1.82) is 0 Å². The van der Waals surface area contributed by atoms with E-state index in [1.54, 1.807) is 12.1 Å². The van der Waals surface area contributed by atoms with Gasteiger partial charge in [-0.3, -0.25) is 0 Å². The van der Waals surface area contributed by atoms with E-state index in [9.17, 15) is 9.90 Å². The molecule has 0 aliphatic carbocycles. The van der Waals surface area contributed by atoms with Gasteiger partial charge in [0.25, 0.3) is 0 Å². The Hall–Kier alpha value is -4.79. The summed E-state index contributed by atoms with van der Waals surface area (Å²) in [7, 11) is 2.11. The van der Waals surface area contributed by atoms with Crippen molar-refractivity contribution in [2.45, 2.75) is 13.2 Å². The predicted molar refractivity (Wildman–Crippen MR) is 171 cm³/mol. The highest BCUT2D eigenvalue weighted by Gasteiger charge is 2.28. The molecule has 0 unspecified atom stereocenters. The molecule has 9 heteroatoms. The molecule has 1 aliphatic rings. The minimum absolute atomic E-state index is 0.190. The van der Waals surface area contributed by atoms with Gasteiger partial charge in [-0.25, -0.2) is 4.79 Å². The minimum Gasteiger partial charge on any atom is -0.488 e. The van der Waals surface area contributed by atoms with E-state index < -0.39 is 5.97 Å². The van der Waals surface area contributed by atoms with E-state index in [1.165, 1.54) is 0 Å². The number of rotatable bonds is 10. The number of hydrogen-bond donors (Lipinski definition) is 1. The number of aromatic carboxylic acids is 1. The molecule has 5 aromatic rings. The summed E-state index contributed by atoms with van der Waals surface area (Å²) in [5.41, 5.74) is 4.26. The molecule has 0 radical (unpaired) electrons. The summed E-state index contributed by atoms with van der Waals surface area (Å²) in [6.07, 6.45) is 0. The van der Waals surface area contributed by atoms with Crippen molar-refractivity contribution < 1.29 is 23.9 Å². The van der Waals surface area contributed by atoms with Crippen LogP contribution in [-0.2, 0) is 13.2 Å². The second kappa shape index (κ2) is 13.2. The minimum atomic E-state index is -1.19. The summed E-state index contributed by atoms with van der Waals surface area (Å²) in [4.78, 5) is 17.0. The molecule has 1 aliphatic heterocycles. The van der Waals surface area contributed by atoms with Crippen LogP contribution in [0.3, 0.4) is 0 Å². The first-order chi connectivity index (χ1) is 21.5. The Balaban J connectivity index is 1.41. The van der Waals surface area contributed by atoms with Gasteiger partial charge in [-0.15, -0.1) is 0 Å². The van der Waals surface area contributed by atoms with Crippen LogP contribution in [-0.4, -0.2) is 54.4 Å². The van der Waals surface area contributed by atoms with Crippen molar-refractivity contribution in [2.24, 2.45) is 0 Å². The van der Waals surface area contributed by atoms with E-state index in [4.69, 9.17) is 25.6 Å². The van der Waals surface area contributed by atoms with Gasteiger partial charge < -0.3 is 28.9 Å². The number of halogens is 1. The molecule has 1 aromatic heterocycles. The first-order valence-electron chi connectivity index (χ1n) is 14.4. The highest BCUT2D eigenvalue weighted by atomic mass is 35.5. The Bertz CT molecular complexity index is 1730. The smallest absolute Gasteiger partial charge is 0.358 e. The Morgan fingerprint density at radius 3 is 2.11 bits per heavy atom. The second-order valence-electron chi connectivity index (χ2n) is 10.7. The van der Waals surface area contributed by atoms with Crippen LogP contribution in [0.2, 0.25) is 5.02 Å². The number of aromatic nitrogens is 1. The van der Waals surface area contributed by atoms with Crippen molar-refractivity contribution in [2.75, 3.05) is 38.1 Å². The van der Waals surface area contributed by atoms with Crippen LogP contribution < -0.4 is 14.4 Å². The lowest BCUT2D eigenvalue weighted by molar-refractivity contribution is 0.0686. The molecular formula is C35H32ClN3O5. The van der Waals surface area contributed by atoms with Crippen LogP contribution >= 0.6 is 11.6 Å². The zero-order valence-electron chi connectivity index (χ0n) is 24.3. The van der Waals surface area contributed by atoms with Gasteiger partial charge in [0.1, 0.15) is 24.7 Å². The first-order valence-corrected chi connectivity index (χ1v) is 14.8. The van der Waals surface area contributed by atoms with Crippen molar-refractivity contribution in [1.82, 2.24) is 10.1 Å². The number of piperazine rings is 1. The topological polar surface area (TPSA) is 88.3 Å². The van der Waals surface area contributed by atoms with Crippen LogP contribution in [0.5, 0.6) is 11.5 Å². The average molecular weight is 610 g/mol. The number of hydrogen-bond acceptors (Lipinski definition) is 7. The largest absolute Gasteiger partial charge is 0.488 e. The van der Waals surface area contributed by atoms with Crippen LogP contribution in [0.15, 0.2) is 102 Å². The molecule has 1 N–H and O–H groups in total. The Labute approximate surface area is 261 Å². The van der Waals surface area contributed by atoms with Crippen LogP contribution in [0, 0.1) is 0 Å². The third kappa shape index (κ3) is 6.56. The average Bonchev–Trinajstić information content (AvgIpc) is 3.50. The second-order valence-corrected chi connectivity index (χ2v) is 11.1. The molecule has 2 heterocycles. The van der Waals surface area contributed by atoms with Crippen molar-refractivity contribution in [3.05, 3.63) is 119 Å². The van der Waals surface area contributed by atoms with E-state index in [1.807, 2.05) is 84.9 Å². The zero-order valence-corrected chi connectivity index (χ0v) is 25.0. The van der Waals surface area contributed by atoms with Crippen LogP contribution in [0.25, 0.3) is 22.5 Å². The molecule has 1 saturated heterocycles. The lowest BCUT2D eigenvalue weighted by Gasteiger charge is -2.34. The molecule has 0 bridgehead atoms. The Morgan fingerprint density at radius 1 is 0.841 bits per heavy atom. The summed E-state index contributed by atoms with van der Waals surface area (Å²) >= 11 is 6.77. The van der Waals surface area contributed by atoms with E-state index >= 15 is 0 Å². The molecule has 6 rings (SSSR count). The summed E-state index contributed by atoms with van der Waals surface area (Å²) in [6, 6.07) is 30.7. The Kier molecular flexibility index (Phi) is 8.81. The number of likely N-dealkylation sites (N-methyl/N-ethyl adjacent to an activating group) is 1. The third-order valence-corrected chi connectivity index (χ3v) is 7.95. The molecule has 0 amide bonds. The molecule has 0 atom stereocenters. The van der Waals surface area contributed by atoms with Gasteiger partial charge in [-0.05, 0) is 41.9 Å². The van der Waals surface area contributed by atoms with Gasteiger partial charge in [-0.1, -0.05) is 89.6 Å². The summed E-state index contributed by atoms with van der Waals surface area (Å²) in [5, 5.41) is 14.4. The first kappa shape index (κ1) is 29.3. The lowest BCUT2D eigenvalue weighted by atomic mass is 9.98. The quantitative estimate of drug-likeness (QED) is 0.177. The summed E-state index contributed by atoms with van der Waals surface area (Å²) < 4.78 is 18.2. The maximum Gasteiger partial charge on any atom is 0.358 e. The maximum atomic E-state index is 12.4. The van der Waals surface area contributed by atoms with Gasteiger partial charge in [0.05, 0.1) is 16.1 Å².